The van der Waals surface area contributed by atoms with Gasteiger partial charge in [0.1, 0.15) is 0 Å². The van der Waals surface area contributed by atoms with Crippen molar-refractivity contribution in [2.45, 2.75) is 19.0 Å². The molecule has 3 nitrogen and oxygen atoms in total. The van der Waals surface area contributed by atoms with E-state index < -0.39 is 0 Å². The van der Waals surface area contributed by atoms with Crippen molar-refractivity contribution in [3.05, 3.63) is 24.0 Å². The number of aromatic nitrogens is 1. The Kier molecular flexibility index (Phi) is 5.83. The minimum Gasteiger partial charge on any atom is -0.395 e. The Hall–Kier alpha value is -0.450. The van der Waals surface area contributed by atoms with Gasteiger partial charge in [-0.15, -0.1) is 0 Å². The third-order valence-electron chi connectivity index (χ3n) is 2.38. The third-order valence-corrected chi connectivity index (χ3v) is 3.02. The number of nitrogens with one attached hydrogen (secondary N) is 1. The van der Waals surface area contributed by atoms with Crippen molar-refractivity contribution in [1.29, 1.82) is 0 Å². The van der Waals surface area contributed by atoms with Crippen LogP contribution in [0.3, 0.4) is 0 Å². The van der Waals surface area contributed by atoms with Crippen LogP contribution in [0.5, 0.6) is 0 Å². The first kappa shape index (κ1) is 12.6. The van der Waals surface area contributed by atoms with E-state index >= 15 is 0 Å². The predicted molar refractivity (Wildman–Crippen MR) is 66.1 cm³/mol. The molecule has 1 aromatic rings. The number of rotatable bonds is 7. The first-order valence-corrected chi connectivity index (χ1v) is 6.59. The summed E-state index contributed by atoms with van der Waals surface area (Å²) >= 11 is 1.82. The standard InChI is InChI=1S/C11H20N2OS/c1-13-5-3-10(8-13)7-12-11(9-14)4-6-15-2/h3,5,8,11-12,14H,4,6-7,9H2,1-2H3. The molecular formula is C11H20N2OS. The summed E-state index contributed by atoms with van der Waals surface area (Å²) in [6, 6.07) is 2.31. The van der Waals surface area contributed by atoms with Crippen molar-refractivity contribution in [3.8, 4) is 0 Å². The number of aliphatic hydroxyl groups excluding tert-OH is 1. The van der Waals surface area contributed by atoms with Crippen LogP contribution in [0.1, 0.15) is 12.0 Å². The third kappa shape index (κ3) is 4.73. The van der Waals surface area contributed by atoms with Gasteiger partial charge in [0.25, 0.3) is 0 Å². The number of hydrogen-bond acceptors (Lipinski definition) is 3. The summed E-state index contributed by atoms with van der Waals surface area (Å²) in [7, 11) is 2.01. The molecule has 2 N–H and O–H groups in total. The molecule has 0 saturated heterocycles. The van der Waals surface area contributed by atoms with E-state index in [1.165, 1.54) is 5.56 Å². The van der Waals surface area contributed by atoms with Crippen LogP contribution in [0.25, 0.3) is 0 Å². The molecule has 0 aliphatic heterocycles. The average molecular weight is 228 g/mol. The minimum absolute atomic E-state index is 0.216. The van der Waals surface area contributed by atoms with Crippen molar-refractivity contribution >= 4 is 11.8 Å². The minimum atomic E-state index is 0.216. The van der Waals surface area contributed by atoms with E-state index in [9.17, 15) is 0 Å². The normalized spacial score (nSPS) is 13.0. The molecule has 0 aromatic carbocycles. The van der Waals surface area contributed by atoms with Gasteiger partial charge >= 0.3 is 0 Å². The van der Waals surface area contributed by atoms with Gasteiger partial charge in [-0.2, -0.15) is 11.8 Å². The fourth-order valence-corrected chi connectivity index (χ4v) is 1.97. The highest BCUT2D eigenvalue weighted by molar-refractivity contribution is 7.98. The quantitative estimate of drug-likeness (QED) is 0.737. The molecule has 0 aliphatic rings. The van der Waals surface area contributed by atoms with Gasteiger partial charge in [0.2, 0.25) is 0 Å². The summed E-state index contributed by atoms with van der Waals surface area (Å²) in [6.07, 6.45) is 7.24. The highest BCUT2D eigenvalue weighted by atomic mass is 32.2. The maximum Gasteiger partial charge on any atom is 0.0585 e. The Labute approximate surface area is 95.9 Å². The van der Waals surface area contributed by atoms with Crippen molar-refractivity contribution in [3.63, 3.8) is 0 Å². The lowest BCUT2D eigenvalue weighted by atomic mass is 10.2. The Morgan fingerprint density at radius 2 is 2.40 bits per heavy atom. The summed E-state index contributed by atoms with van der Waals surface area (Å²) in [5, 5.41) is 12.5. The summed E-state index contributed by atoms with van der Waals surface area (Å²) in [5.41, 5.74) is 1.26. The molecule has 0 saturated carbocycles. The van der Waals surface area contributed by atoms with E-state index in [0.29, 0.717) is 0 Å². The largest absolute Gasteiger partial charge is 0.395 e. The van der Waals surface area contributed by atoms with Gasteiger partial charge < -0.3 is 15.0 Å². The van der Waals surface area contributed by atoms with Crippen LogP contribution in [0.4, 0.5) is 0 Å². The lowest BCUT2D eigenvalue weighted by molar-refractivity contribution is 0.239. The van der Waals surface area contributed by atoms with Gasteiger partial charge in [0, 0.05) is 32.0 Å². The Morgan fingerprint density at radius 3 is 2.93 bits per heavy atom. The lowest BCUT2D eigenvalue weighted by Gasteiger charge is -2.14. The smallest absolute Gasteiger partial charge is 0.0585 e. The highest BCUT2D eigenvalue weighted by Crippen LogP contribution is 2.03. The number of aryl methyl sites for hydroxylation is 1. The summed E-state index contributed by atoms with van der Waals surface area (Å²) in [5.74, 6) is 1.09. The van der Waals surface area contributed by atoms with Crippen LogP contribution < -0.4 is 5.32 Å². The summed E-state index contributed by atoms with van der Waals surface area (Å²) < 4.78 is 2.03. The zero-order chi connectivity index (χ0) is 11.1. The molecule has 4 heteroatoms. The fraction of sp³-hybridized carbons (Fsp3) is 0.636. The topological polar surface area (TPSA) is 37.2 Å². The molecule has 1 atom stereocenters. The molecule has 0 amide bonds. The maximum absolute atomic E-state index is 9.16. The van der Waals surface area contributed by atoms with Crippen molar-refractivity contribution in [2.24, 2.45) is 7.05 Å². The highest BCUT2D eigenvalue weighted by Gasteiger charge is 2.06. The Morgan fingerprint density at radius 1 is 1.60 bits per heavy atom. The number of nitrogens with zero attached hydrogens (tertiary/aromatic N) is 1. The average Bonchev–Trinajstić information content (AvgIpc) is 2.65. The number of aliphatic hydroxyl groups is 1. The molecule has 0 fully saturated rings. The van der Waals surface area contributed by atoms with Gasteiger partial charge in [-0.25, -0.2) is 0 Å². The maximum atomic E-state index is 9.16. The van der Waals surface area contributed by atoms with Gasteiger partial charge in [-0.05, 0) is 30.1 Å². The van der Waals surface area contributed by atoms with Gasteiger partial charge in [-0.1, -0.05) is 0 Å². The number of thioether (sulfide) groups is 1. The first-order valence-electron chi connectivity index (χ1n) is 5.20. The van der Waals surface area contributed by atoms with Crippen LogP contribution in [-0.4, -0.2) is 34.3 Å². The molecule has 0 bridgehead atoms. The van der Waals surface area contributed by atoms with E-state index in [1.807, 2.05) is 29.6 Å². The van der Waals surface area contributed by atoms with Gasteiger partial charge in [0.05, 0.1) is 6.61 Å². The van der Waals surface area contributed by atoms with Crippen molar-refractivity contribution in [1.82, 2.24) is 9.88 Å². The van der Waals surface area contributed by atoms with Crippen molar-refractivity contribution in [2.75, 3.05) is 18.6 Å². The van der Waals surface area contributed by atoms with Crippen molar-refractivity contribution < 1.29 is 5.11 Å². The molecule has 0 aliphatic carbocycles. The van der Waals surface area contributed by atoms with E-state index in [1.54, 1.807) is 0 Å². The second kappa shape index (κ2) is 6.93. The lowest BCUT2D eigenvalue weighted by Crippen LogP contribution is -2.32. The second-order valence-corrected chi connectivity index (χ2v) is 4.71. The van der Waals surface area contributed by atoms with Crippen LogP contribution in [0.15, 0.2) is 18.5 Å². The molecule has 15 heavy (non-hydrogen) atoms. The van der Waals surface area contributed by atoms with Crippen LogP contribution in [-0.2, 0) is 13.6 Å². The van der Waals surface area contributed by atoms with Crippen LogP contribution in [0.2, 0.25) is 0 Å². The Bertz CT molecular complexity index is 275. The summed E-state index contributed by atoms with van der Waals surface area (Å²) in [4.78, 5) is 0. The fourth-order valence-electron chi connectivity index (χ4n) is 1.45. The molecule has 1 rings (SSSR count). The molecule has 0 spiro atoms. The molecule has 86 valence electrons. The zero-order valence-corrected chi connectivity index (χ0v) is 10.3. The molecule has 1 aromatic heterocycles. The number of hydrogen-bond donors (Lipinski definition) is 2. The van der Waals surface area contributed by atoms with E-state index in [2.05, 4.69) is 23.8 Å². The van der Waals surface area contributed by atoms with Crippen LogP contribution >= 0.6 is 11.8 Å². The Balaban J connectivity index is 2.27. The SMILES string of the molecule is CSCCC(CO)NCc1ccn(C)c1. The van der Waals surface area contributed by atoms with Crippen LogP contribution in [0, 0.1) is 0 Å². The summed E-state index contributed by atoms with van der Waals surface area (Å²) in [6.45, 7) is 1.05. The predicted octanol–water partition coefficient (Wildman–Crippen LogP) is 1.23. The van der Waals surface area contributed by atoms with E-state index in [0.717, 1.165) is 18.7 Å². The second-order valence-electron chi connectivity index (χ2n) is 3.73. The molecule has 0 radical (unpaired) electrons. The molecule has 1 unspecified atom stereocenters. The monoisotopic (exact) mass is 228 g/mol. The van der Waals surface area contributed by atoms with E-state index in [4.69, 9.17) is 5.11 Å². The first-order chi connectivity index (χ1) is 7.26. The van der Waals surface area contributed by atoms with E-state index in [-0.39, 0.29) is 12.6 Å². The van der Waals surface area contributed by atoms with Gasteiger partial charge in [-0.3, -0.25) is 0 Å². The molecular weight excluding hydrogens is 208 g/mol. The zero-order valence-electron chi connectivity index (χ0n) is 9.44. The molecule has 1 heterocycles. The van der Waals surface area contributed by atoms with Gasteiger partial charge in [0.15, 0.2) is 0 Å².